The zero-order valence-electron chi connectivity index (χ0n) is 12.9. The maximum Gasteiger partial charge on any atom is 0.185 e. The predicted molar refractivity (Wildman–Crippen MR) is 84.2 cm³/mol. The van der Waals surface area contributed by atoms with Gasteiger partial charge in [0.1, 0.15) is 0 Å². The minimum Gasteiger partial charge on any atom is -0.348 e. The zero-order valence-corrected chi connectivity index (χ0v) is 13.7. The van der Waals surface area contributed by atoms with Crippen molar-refractivity contribution >= 4 is 16.5 Å². The number of hydrogen-bond donors (Lipinski definition) is 1. The Hall–Kier alpha value is -0.610. The molecule has 0 amide bonds. The molecule has 1 aromatic heterocycles. The molecule has 0 fully saturated rings. The van der Waals surface area contributed by atoms with Gasteiger partial charge in [-0.15, -0.1) is 11.3 Å². The lowest BCUT2D eigenvalue weighted by atomic mass is 9.98. The molecule has 0 aliphatic heterocycles. The molecule has 3 nitrogen and oxygen atoms in total. The minimum atomic E-state index is 0.461. The average Bonchev–Trinajstić information content (AvgIpc) is 2.80. The van der Waals surface area contributed by atoms with Crippen molar-refractivity contribution < 1.29 is 0 Å². The molecule has 19 heavy (non-hydrogen) atoms. The van der Waals surface area contributed by atoms with Crippen molar-refractivity contribution in [3.63, 3.8) is 0 Å². The lowest BCUT2D eigenvalue weighted by Gasteiger charge is -2.25. The first-order chi connectivity index (χ1) is 9.02. The number of hydrogen-bond acceptors (Lipinski definition) is 4. The van der Waals surface area contributed by atoms with E-state index in [4.69, 9.17) is 4.98 Å². The molecule has 1 heterocycles. The maximum absolute atomic E-state index is 4.91. The second-order valence-corrected chi connectivity index (χ2v) is 7.19. The Morgan fingerprint density at radius 3 is 2.79 bits per heavy atom. The van der Waals surface area contributed by atoms with Crippen LogP contribution in [0.2, 0.25) is 0 Å². The summed E-state index contributed by atoms with van der Waals surface area (Å²) in [6, 6.07) is 1.02. The molecule has 1 aliphatic carbocycles. The van der Waals surface area contributed by atoms with E-state index in [9.17, 15) is 0 Å². The molecule has 2 unspecified atom stereocenters. The van der Waals surface area contributed by atoms with Crippen LogP contribution < -0.4 is 10.2 Å². The minimum absolute atomic E-state index is 0.461. The topological polar surface area (TPSA) is 28.2 Å². The molecule has 2 rings (SSSR count). The Bertz CT molecular complexity index is 414. The SMILES string of the molecule is CNC1CCCc2sc(N(C)C(C)CC(C)C)nc21. The Labute approximate surface area is 121 Å². The third-order valence-corrected chi connectivity index (χ3v) is 5.29. The summed E-state index contributed by atoms with van der Waals surface area (Å²) in [6.07, 6.45) is 4.93. The van der Waals surface area contributed by atoms with Gasteiger partial charge in [-0.2, -0.15) is 0 Å². The summed E-state index contributed by atoms with van der Waals surface area (Å²) in [4.78, 5) is 8.76. The van der Waals surface area contributed by atoms with Crippen LogP contribution in [0.3, 0.4) is 0 Å². The van der Waals surface area contributed by atoms with E-state index in [1.54, 1.807) is 0 Å². The number of thiazole rings is 1. The van der Waals surface area contributed by atoms with Crippen molar-refractivity contribution in [3.8, 4) is 0 Å². The summed E-state index contributed by atoms with van der Waals surface area (Å²) in [6.45, 7) is 6.87. The van der Waals surface area contributed by atoms with E-state index in [1.807, 2.05) is 18.4 Å². The Kier molecular flexibility index (Phi) is 4.85. The number of nitrogens with one attached hydrogen (secondary N) is 1. The lowest BCUT2D eigenvalue weighted by Crippen LogP contribution is -2.30. The summed E-state index contributed by atoms with van der Waals surface area (Å²) >= 11 is 1.89. The largest absolute Gasteiger partial charge is 0.348 e. The van der Waals surface area contributed by atoms with Crippen LogP contribution in [0.25, 0.3) is 0 Å². The molecule has 0 spiro atoms. The van der Waals surface area contributed by atoms with E-state index in [0.29, 0.717) is 12.1 Å². The first-order valence-corrected chi connectivity index (χ1v) is 8.24. The van der Waals surface area contributed by atoms with Gasteiger partial charge in [0.25, 0.3) is 0 Å². The van der Waals surface area contributed by atoms with Crippen LogP contribution in [0.15, 0.2) is 0 Å². The highest BCUT2D eigenvalue weighted by Gasteiger charge is 2.25. The van der Waals surface area contributed by atoms with Crippen LogP contribution >= 0.6 is 11.3 Å². The summed E-state index contributed by atoms with van der Waals surface area (Å²) in [7, 11) is 4.23. The molecule has 1 aromatic rings. The summed E-state index contributed by atoms with van der Waals surface area (Å²) < 4.78 is 0. The molecule has 2 atom stereocenters. The molecule has 0 radical (unpaired) electrons. The standard InChI is InChI=1S/C15H27N3S/c1-10(2)9-11(3)18(5)15-17-14-12(16-4)7-6-8-13(14)19-15/h10-12,16H,6-9H2,1-5H3. The fraction of sp³-hybridized carbons (Fsp3) is 0.800. The van der Waals surface area contributed by atoms with Crippen molar-refractivity contribution in [2.24, 2.45) is 5.92 Å². The first kappa shape index (κ1) is 14.8. The number of anilines is 1. The molecule has 108 valence electrons. The van der Waals surface area contributed by atoms with E-state index < -0.39 is 0 Å². The quantitative estimate of drug-likeness (QED) is 0.893. The number of fused-ring (bicyclic) bond motifs is 1. The van der Waals surface area contributed by atoms with Gasteiger partial charge in [-0.25, -0.2) is 4.98 Å². The van der Waals surface area contributed by atoms with E-state index >= 15 is 0 Å². The van der Waals surface area contributed by atoms with Crippen LogP contribution in [-0.2, 0) is 6.42 Å². The molecule has 0 aromatic carbocycles. The predicted octanol–water partition coefficient (Wildman–Crippen LogP) is 3.61. The van der Waals surface area contributed by atoms with Crippen molar-refractivity contribution in [2.45, 2.75) is 58.5 Å². The van der Waals surface area contributed by atoms with Gasteiger partial charge < -0.3 is 10.2 Å². The van der Waals surface area contributed by atoms with Gasteiger partial charge in [-0.3, -0.25) is 0 Å². The van der Waals surface area contributed by atoms with E-state index in [-0.39, 0.29) is 0 Å². The second kappa shape index (κ2) is 6.23. The fourth-order valence-corrected chi connectivity index (χ4v) is 4.09. The molecule has 4 heteroatoms. The first-order valence-electron chi connectivity index (χ1n) is 7.42. The monoisotopic (exact) mass is 281 g/mol. The van der Waals surface area contributed by atoms with Crippen molar-refractivity contribution in [1.29, 1.82) is 0 Å². The third-order valence-electron chi connectivity index (χ3n) is 4.07. The Morgan fingerprint density at radius 1 is 1.42 bits per heavy atom. The number of aryl methyl sites for hydroxylation is 1. The highest BCUT2D eigenvalue weighted by Crippen LogP contribution is 2.37. The smallest absolute Gasteiger partial charge is 0.185 e. The summed E-state index contributed by atoms with van der Waals surface area (Å²) in [5.41, 5.74) is 1.30. The summed E-state index contributed by atoms with van der Waals surface area (Å²) in [5.74, 6) is 0.733. The molecular weight excluding hydrogens is 254 g/mol. The number of aromatic nitrogens is 1. The van der Waals surface area contributed by atoms with Crippen molar-refractivity contribution in [2.75, 3.05) is 19.0 Å². The highest BCUT2D eigenvalue weighted by molar-refractivity contribution is 7.15. The Morgan fingerprint density at radius 2 is 2.16 bits per heavy atom. The van der Waals surface area contributed by atoms with Gasteiger partial charge >= 0.3 is 0 Å². The zero-order chi connectivity index (χ0) is 14.0. The third kappa shape index (κ3) is 3.29. The van der Waals surface area contributed by atoms with Crippen LogP contribution in [-0.4, -0.2) is 25.1 Å². The van der Waals surface area contributed by atoms with Gasteiger partial charge in [0.2, 0.25) is 0 Å². The van der Waals surface area contributed by atoms with Gasteiger partial charge in [0, 0.05) is 18.0 Å². The molecule has 0 bridgehead atoms. The van der Waals surface area contributed by atoms with Crippen molar-refractivity contribution in [1.82, 2.24) is 10.3 Å². The fourth-order valence-electron chi connectivity index (χ4n) is 2.87. The molecule has 0 saturated heterocycles. The lowest BCUT2D eigenvalue weighted by molar-refractivity contribution is 0.486. The Balaban J connectivity index is 2.15. The van der Waals surface area contributed by atoms with E-state index in [2.05, 4.69) is 38.0 Å². The highest BCUT2D eigenvalue weighted by atomic mass is 32.1. The maximum atomic E-state index is 4.91. The van der Waals surface area contributed by atoms with Gasteiger partial charge in [0.15, 0.2) is 5.13 Å². The second-order valence-electron chi connectivity index (χ2n) is 6.13. The van der Waals surface area contributed by atoms with Crippen LogP contribution in [0.4, 0.5) is 5.13 Å². The molecule has 1 aliphatic rings. The number of nitrogens with zero attached hydrogens (tertiary/aromatic N) is 2. The van der Waals surface area contributed by atoms with Gasteiger partial charge in [-0.1, -0.05) is 13.8 Å². The number of rotatable bonds is 5. The van der Waals surface area contributed by atoms with Crippen molar-refractivity contribution in [3.05, 3.63) is 10.6 Å². The molecule has 0 saturated carbocycles. The van der Waals surface area contributed by atoms with Gasteiger partial charge in [0.05, 0.1) is 11.7 Å². The average molecular weight is 281 g/mol. The van der Waals surface area contributed by atoms with E-state index in [1.165, 1.54) is 41.4 Å². The molecular formula is C15H27N3S. The van der Waals surface area contributed by atoms with Crippen LogP contribution in [0, 0.1) is 5.92 Å². The van der Waals surface area contributed by atoms with E-state index in [0.717, 1.165) is 5.92 Å². The normalized spacial score (nSPS) is 20.4. The van der Waals surface area contributed by atoms with Crippen LogP contribution in [0.5, 0.6) is 0 Å². The van der Waals surface area contributed by atoms with Gasteiger partial charge in [-0.05, 0) is 45.6 Å². The van der Waals surface area contributed by atoms with Crippen LogP contribution in [0.1, 0.15) is 56.6 Å². The summed E-state index contributed by atoms with van der Waals surface area (Å²) in [5, 5.41) is 4.59. The molecule has 1 N–H and O–H groups in total.